The Bertz CT molecular complexity index is 288. The SMILES string of the molecule is CC1(C)CCC(CN)(N2CCOCC2(C)C)C1. The lowest BCUT2D eigenvalue weighted by Crippen LogP contribution is -2.65. The topological polar surface area (TPSA) is 38.5 Å². The van der Waals surface area contributed by atoms with E-state index in [1.807, 2.05) is 0 Å². The maximum Gasteiger partial charge on any atom is 0.0645 e. The smallest absolute Gasteiger partial charge is 0.0645 e. The van der Waals surface area contributed by atoms with Crippen molar-refractivity contribution in [1.29, 1.82) is 0 Å². The van der Waals surface area contributed by atoms with Crippen molar-refractivity contribution in [2.45, 2.75) is 58.0 Å². The summed E-state index contributed by atoms with van der Waals surface area (Å²) in [5.41, 5.74) is 6.93. The van der Waals surface area contributed by atoms with Gasteiger partial charge < -0.3 is 10.5 Å². The summed E-state index contributed by atoms with van der Waals surface area (Å²) < 4.78 is 5.63. The third kappa shape index (κ3) is 2.38. The van der Waals surface area contributed by atoms with Crippen molar-refractivity contribution in [3.05, 3.63) is 0 Å². The lowest BCUT2D eigenvalue weighted by Gasteiger charge is -2.52. The molecule has 2 fully saturated rings. The van der Waals surface area contributed by atoms with Crippen LogP contribution in [0.4, 0.5) is 0 Å². The van der Waals surface area contributed by atoms with E-state index in [1.165, 1.54) is 19.3 Å². The number of hydrogen-bond donors (Lipinski definition) is 1. The van der Waals surface area contributed by atoms with Gasteiger partial charge >= 0.3 is 0 Å². The van der Waals surface area contributed by atoms with Crippen molar-refractivity contribution in [3.63, 3.8) is 0 Å². The Labute approximate surface area is 106 Å². The summed E-state index contributed by atoms with van der Waals surface area (Å²) in [6.45, 7) is 12.8. The molecule has 3 heteroatoms. The molecular formula is C14H28N2O. The average molecular weight is 240 g/mol. The van der Waals surface area contributed by atoms with E-state index in [0.717, 1.165) is 26.3 Å². The Morgan fingerprint density at radius 3 is 2.35 bits per heavy atom. The van der Waals surface area contributed by atoms with Crippen LogP contribution in [-0.2, 0) is 4.74 Å². The van der Waals surface area contributed by atoms with Gasteiger partial charge in [-0.05, 0) is 38.5 Å². The van der Waals surface area contributed by atoms with Crippen molar-refractivity contribution < 1.29 is 4.74 Å². The zero-order chi connectivity index (χ0) is 12.7. The number of ether oxygens (including phenoxy) is 1. The zero-order valence-electron chi connectivity index (χ0n) is 11.9. The first-order valence-corrected chi connectivity index (χ1v) is 6.87. The molecule has 0 radical (unpaired) electrons. The Kier molecular flexibility index (Phi) is 3.30. The molecular weight excluding hydrogens is 212 g/mol. The maximum atomic E-state index is 6.16. The van der Waals surface area contributed by atoms with Crippen LogP contribution in [0, 0.1) is 5.41 Å². The van der Waals surface area contributed by atoms with Gasteiger partial charge in [0.15, 0.2) is 0 Å². The largest absolute Gasteiger partial charge is 0.378 e. The van der Waals surface area contributed by atoms with E-state index in [0.29, 0.717) is 5.41 Å². The van der Waals surface area contributed by atoms with Crippen molar-refractivity contribution in [3.8, 4) is 0 Å². The molecule has 1 heterocycles. The highest BCUT2D eigenvalue weighted by Gasteiger charge is 2.50. The van der Waals surface area contributed by atoms with E-state index in [2.05, 4.69) is 32.6 Å². The minimum atomic E-state index is 0.123. The van der Waals surface area contributed by atoms with Crippen molar-refractivity contribution >= 4 is 0 Å². The van der Waals surface area contributed by atoms with Gasteiger partial charge in [0.2, 0.25) is 0 Å². The van der Waals surface area contributed by atoms with Gasteiger partial charge in [0.1, 0.15) is 0 Å². The number of morpholine rings is 1. The van der Waals surface area contributed by atoms with Gasteiger partial charge in [-0.3, -0.25) is 4.90 Å². The summed E-state index contributed by atoms with van der Waals surface area (Å²) in [6, 6.07) is 0. The second-order valence-corrected chi connectivity index (χ2v) is 7.29. The maximum absolute atomic E-state index is 6.16. The van der Waals surface area contributed by atoms with E-state index >= 15 is 0 Å². The normalized spacial score (nSPS) is 37.2. The van der Waals surface area contributed by atoms with Crippen LogP contribution in [0.1, 0.15) is 47.0 Å². The van der Waals surface area contributed by atoms with E-state index in [-0.39, 0.29) is 11.1 Å². The summed E-state index contributed by atoms with van der Waals surface area (Å²) >= 11 is 0. The molecule has 1 aliphatic carbocycles. The second-order valence-electron chi connectivity index (χ2n) is 7.29. The van der Waals surface area contributed by atoms with E-state index in [4.69, 9.17) is 10.5 Å². The molecule has 17 heavy (non-hydrogen) atoms. The van der Waals surface area contributed by atoms with E-state index < -0.39 is 0 Å². The minimum absolute atomic E-state index is 0.123. The standard InChI is InChI=1S/C14H28N2O/c1-12(2)5-6-14(9-12,10-15)16-7-8-17-11-13(16,3)4/h5-11,15H2,1-4H3. The Morgan fingerprint density at radius 1 is 1.18 bits per heavy atom. The van der Waals surface area contributed by atoms with E-state index in [1.54, 1.807) is 0 Å². The summed E-state index contributed by atoms with van der Waals surface area (Å²) in [4.78, 5) is 2.64. The second kappa shape index (κ2) is 4.22. The van der Waals surface area contributed by atoms with Crippen LogP contribution in [0.15, 0.2) is 0 Å². The first-order valence-electron chi connectivity index (χ1n) is 6.87. The predicted molar refractivity (Wildman–Crippen MR) is 71.0 cm³/mol. The lowest BCUT2D eigenvalue weighted by molar-refractivity contribution is -0.104. The molecule has 3 nitrogen and oxygen atoms in total. The molecule has 1 atom stereocenters. The van der Waals surface area contributed by atoms with Gasteiger partial charge in [0.05, 0.1) is 13.2 Å². The number of nitrogens with two attached hydrogens (primary N) is 1. The van der Waals surface area contributed by atoms with Crippen LogP contribution in [0.5, 0.6) is 0 Å². The van der Waals surface area contributed by atoms with Gasteiger partial charge in [-0.15, -0.1) is 0 Å². The summed E-state index contributed by atoms with van der Waals surface area (Å²) in [5, 5.41) is 0. The summed E-state index contributed by atoms with van der Waals surface area (Å²) in [5.74, 6) is 0. The lowest BCUT2D eigenvalue weighted by atomic mass is 9.83. The Balaban J connectivity index is 2.23. The molecule has 0 aromatic rings. The minimum Gasteiger partial charge on any atom is -0.378 e. The zero-order valence-corrected chi connectivity index (χ0v) is 11.9. The molecule has 1 unspecified atom stereocenters. The van der Waals surface area contributed by atoms with Gasteiger partial charge in [-0.25, -0.2) is 0 Å². The van der Waals surface area contributed by atoms with Crippen LogP contribution in [-0.4, -0.2) is 42.3 Å². The molecule has 2 rings (SSSR count). The highest BCUT2D eigenvalue weighted by molar-refractivity contribution is 5.06. The molecule has 1 aliphatic heterocycles. The van der Waals surface area contributed by atoms with Crippen LogP contribution < -0.4 is 5.73 Å². The van der Waals surface area contributed by atoms with Crippen molar-refractivity contribution in [2.24, 2.45) is 11.1 Å². The van der Waals surface area contributed by atoms with Crippen LogP contribution >= 0.6 is 0 Å². The molecule has 1 saturated heterocycles. The first kappa shape index (κ1) is 13.3. The molecule has 0 amide bonds. The molecule has 2 N–H and O–H groups in total. The quantitative estimate of drug-likeness (QED) is 0.802. The van der Waals surface area contributed by atoms with Gasteiger partial charge in [0, 0.05) is 24.2 Å². The highest BCUT2D eigenvalue weighted by Crippen LogP contribution is 2.48. The fourth-order valence-corrected chi connectivity index (χ4v) is 3.89. The highest BCUT2D eigenvalue weighted by atomic mass is 16.5. The average Bonchev–Trinajstić information content (AvgIpc) is 2.55. The van der Waals surface area contributed by atoms with E-state index in [9.17, 15) is 0 Å². The Hall–Kier alpha value is -0.120. The Morgan fingerprint density at radius 2 is 1.88 bits per heavy atom. The van der Waals surface area contributed by atoms with Gasteiger partial charge in [-0.2, -0.15) is 0 Å². The third-order valence-electron chi connectivity index (χ3n) is 4.67. The molecule has 2 aliphatic rings. The van der Waals surface area contributed by atoms with Crippen LogP contribution in [0.3, 0.4) is 0 Å². The van der Waals surface area contributed by atoms with Crippen molar-refractivity contribution in [2.75, 3.05) is 26.3 Å². The summed E-state index contributed by atoms with van der Waals surface area (Å²) in [7, 11) is 0. The molecule has 0 aromatic heterocycles. The first-order chi connectivity index (χ1) is 7.81. The monoisotopic (exact) mass is 240 g/mol. The fraction of sp³-hybridized carbons (Fsp3) is 1.00. The van der Waals surface area contributed by atoms with Crippen LogP contribution in [0.2, 0.25) is 0 Å². The molecule has 100 valence electrons. The number of rotatable bonds is 2. The molecule has 0 bridgehead atoms. The number of hydrogen-bond acceptors (Lipinski definition) is 3. The third-order valence-corrected chi connectivity index (χ3v) is 4.67. The van der Waals surface area contributed by atoms with Crippen LogP contribution in [0.25, 0.3) is 0 Å². The fourth-order valence-electron chi connectivity index (χ4n) is 3.89. The number of nitrogens with zero attached hydrogens (tertiary/aromatic N) is 1. The molecule has 0 spiro atoms. The predicted octanol–water partition coefficient (Wildman–Crippen LogP) is 2.00. The van der Waals surface area contributed by atoms with Gasteiger partial charge in [0.25, 0.3) is 0 Å². The molecule has 0 aromatic carbocycles. The van der Waals surface area contributed by atoms with Crippen molar-refractivity contribution in [1.82, 2.24) is 4.90 Å². The summed E-state index contributed by atoms with van der Waals surface area (Å²) in [6.07, 6.45) is 3.75. The molecule has 1 saturated carbocycles. The van der Waals surface area contributed by atoms with Gasteiger partial charge in [-0.1, -0.05) is 13.8 Å².